The lowest BCUT2D eigenvalue weighted by Gasteiger charge is -2.17. The van der Waals surface area contributed by atoms with Crippen LogP contribution in [-0.4, -0.2) is 4.57 Å². The second kappa shape index (κ2) is 5.35. The number of aromatic nitrogens is 1. The van der Waals surface area contributed by atoms with Gasteiger partial charge in [-0.3, -0.25) is 9.36 Å². The molecule has 3 rings (SSSR count). The van der Waals surface area contributed by atoms with Gasteiger partial charge in [0.1, 0.15) is 0 Å². The SMILES string of the molecule is C[C@@H](N)c1cc2cccc(Cl)c2c(=O)n1-c1ccccc1. The first-order chi connectivity index (χ1) is 10.1. The maximum atomic E-state index is 12.9. The van der Waals surface area contributed by atoms with Crippen LogP contribution in [0.4, 0.5) is 0 Å². The van der Waals surface area contributed by atoms with Gasteiger partial charge in [0.15, 0.2) is 0 Å². The molecule has 3 nitrogen and oxygen atoms in total. The number of pyridine rings is 1. The number of halogens is 1. The smallest absolute Gasteiger partial charge is 0.264 e. The van der Waals surface area contributed by atoms with Crippen molar-refractivity contribution in [1.29, 1.82) is 0 Å². The lowest BCUT2D eigenvalue weighted by Crippen LogP contribution is -2.25. The normalized spacial score (nSPS) is 12.5. The Labute approximate surface area is 127 Å². The molecule has 0 spiro atoms. The van der Waals surface area contributed by atoms with Crippen LogP contribution in [0.3, 0.4) is 0 Å². The molecule has 1 aromatic heterocycles. The van der Waals surface area contributed by atoms with Gasteiger partial charge in [-0.1, -0.05) is 41.9 Å². The van der Waals surface area contributed by atoms with E-state index in [4.69, 9.17) is 17.3 Å². The molecule has 1 heterocycles. The second-order valence-electron chi connectivity index (χ2n) is 5.04. The summed E-state index contributed by atoms with van der Waals surface area (Å²) in [5, 5.41) is 1.79. The third-order valence-corrected chi connectivity index (χ3v) is 3.82. The van der Waals surface area contributed by atoms with Gasteiger partial charge in [0, 0.05) is 17.4 Å². The minimum Gasteiger partial charge on any atom is -0.323 e. The van der Waals surface area contributed by atoms with Crippen molar-refractivity contribution in [3.63, 3.8) is 0 Å². The molecule has 0 saturated heterocycles. The van der Waals surface area contributed by atoms with Crippen LogP contribution in [-0.2, 0) is 0 Å². The first-order valence-electron chi connectivity index (χ1n) is 6.75. The molecular formula is C17H15ClN2O. The largest absolute Gasteiger partial charge is 0.323 e. The van der Waals surface area contributed by atoms with E-state index in [-0.39, 0.29) is 11.6 Å². The van der Waals surface area contributed by atoms with E-state index in [1.165, 1.54) is 0 Å². The van der Waals surface area contributed by atoms with Gasteiger partial charge < -0.3 is 5.73 Å². The van der Waals surface area contributed by atoms with E-state index < -0.39 is 0 Å². The summed E-state index contributed by atoms with van der Waals surface area (Å²) in [6, 6.07) is 16.6. The zero-order valence-corrected chi connectivity index (χ0v) is 12.3. The van der Waals surface area contributed by atoms with Gasteiger partial charge in [0.25, 0.3) is 5.56 Å². The zero-order valence-electron chi connectivity index (χ0n) is 11.6. The van der Waals surface area contributed by atoms with E-state index >= 15 is 0 Å². The van der Waals surface area contributed by atoms with Gasteiger partial charge >= 0.3 is 0 Å². The fraction of sp³-hybridized carbons (Fsp3) is 0.118. The summed E-state index contributed by atoms with van der Waals surface area (Å²) >= 11 is 6.21. The summed E-state index contributed by atoms with van der Waals surface area (Å²) in [5.74, 6) is 0. The highest BCUT2D eigenvalue weighted by Crippen LogP contribution is 2.24. The van der Waals surface area contributed by atoms with E-state index in [0.29, 0.717) is 10.4 Å². The van der Waals surface area contributed by atoms with E-state index in [1.54, 1.807) is 10.6 Å². The monoisotopic (exact) mass is 298 g/mol. The minimum atomic E-state index is -0.263. The van der Waals surface area contributed by atoms with Gasteiger partial charge in [0.05, 0.1) is 10.4 Å². The highest BCUT2D eigenvalue weighted by Gasteiger charge is 2.15. The van der Waals surface area contributed by atoms with E-state index in [9.17, 15) is 4.79 Å². The molecule has 0 unspecified atom stereocenters. The van der Waals surface area contributed by atoms with Gasteiger partial charge in [-0.15, -0.1) is 0 Å². The van der Waals surface area contributed by atoms with Crippen molar-refractivity contribution < 1.29 is 0 Å². The van der Waals surface area contributed by atoms with Crippen LogP contribution in [0.25, 0.3) is 16.5 Å². The molecule has 0 aliphatic rings. The van der Waals surface area contributed by atoms with Crippen molar-refractivity contribution in [1.82, 2.24) is 4.57 Å². The molecule has 2 aromatic carbocycles. The fourth-order valence-electron chi connectivity index (χ4n) is 2.52. The van der Waals surface area contributed by atoms with Crippen LogP contribution in [0, 0.1) is 0 Å². The molecule has 2 N–H and O–H groups in total. The molecule has 1 atom stereocenters. The van der Waals surface area contributed by atoms with Crippen molar-refractivity contribution in [2.75, 3.05) is 0 Å². The summed E-state index contributed by atoms with van der Waals surface area (Å²) in [6.07, 6.45) is 0. The molecule has 0 amide bonds. The molecule has 0 radical (unpaired) electrons. The number of nitrogens with two attached hydrogens (primary N) is 1. The maximum Gasteiger partial charge on any atom is 0.264 e. The Balaban J connectivity index is 2.47. The van der Waals surface area contributed by atoms with E-state index in [2.05, 4.69) is 0 Å². The fourth-order valence-corrected chi connectivity index (χ4v) is 2.78. The predicted octanol–water partition coefficient (Wildman–Crippen LogP) is 3.66. The zero-order chi connectivity index (χ0) is 15.0. The van der Waals surface area contributed by atoms with Gasteiger partial charge in [-0.2, -0.15) is 0 Å². The molecular weight excluding hydrogens is 284 g/mol. The van der Waals surface area contributed by atoms with Crippen LogP contribution < -0.4 is 11.3 Å². The lowest BCUT2D eigenvalue weighted by molar-refractivity contribution is 0.734. The Kier molecular flexibility index (Phi) is 3.53. The third kappa shape index (κ3) is 2.35. The van der Waals surface area contributed by atoms with Crippen LogP contribution in [0.2, 0.25) is 5.02 Å². The number of nitrogens with zero attached hydrogens (tertiary/aromatic N) is 1. The van der Waals surface area contributed by atoms with E-state index in [0.717, 1.165) is 16.8 Å². The number of hydrogen-bond acceptors (Lipinski definition) is 2. The van der Waals surface area contributed by atoms with Crippen LogP contribution in [0.15, 0.2) is 59.4 Å². The Morgan fingerprint density at radius 2 is 1.81 bits per heavy atom. The maximum absolute atomic E-state index is 12.9. The lowest BCUT2D eigenvalue weighted by atomic mass is 10.1. The second-order valence-corrected chi connectivity index (χ2v) is 5.45. The summed E-state index contributed by atoms with van der Waals surface area (Å²) in [7, 11) is 0. The van der Waals surface area contributed by atoms with Crippen LogP contribution in [0.5, 0.6) is 0 Å². The average Bonchev–Trinajstić information content (AvgIpc) is 2.47. The molecule has 3 aromatic rings. The molecule has 0 saturated carbocycles. The average molecular weight is 299 g/mol. The Morgan fingerprint density at radius 1 is 1.10 bits per heavy atom. The Morgan fingerprint density at radius 3 is 2.48 bits per heavy atom. The highest BCUT2D eigenvalue weighted by molar-refractivity contribution is 6.35. The minimum absolute atomic E-state index is 0.142. The number of rotatable bonds is 2. The van der Waals surface area contributed by atoms with Gasteiger partial charge in [0.2, 0.25) is 0 Å². The highest BCUT2D eigenvalue weighted by atomic mass is 35.5. The predicted molar refractivity (Wildman–Crippen MR) is 87.2 cm³/mol. The molecule has 4 heteroatoms. The van der Waals surface area contributed by atoms with Crippen LogP contribution in [0.1, 0.15) is 18.7 Å². The molecule has 0 fully saturated rings. The number of para-hydroxylation sites is 1. The first-order valence-corrected chi connectivity index (χ1v) is 7.12. The number of benzene rings is 2. The molecule has 0 aliphatic heterocycles. The van der Waals surface area contributed by atoms with Gasteiger partial charge in [-0.25, -0.2) is 0 Å². The van der Waals surface area contributed by atoms with Crippen molar-refractivity contribution >= 4 is 22.4 Å². The van der Waals surface area contributed by atoms with Crippen molar-refractivity contribution in [2.45, 2.75) is 13.0 Å². The summed E-state index contributed by atoms with van der Waals surface area (Å²) in [6.45, 7) is 1.87. The van der Waals surface area contributed by atoms with E-state index in [1.807, 2.05) is 55.5 Å². The topological polar surface area (TPSA) is 48.0 Å². The quantitative estimate of drug-likeness (QED) is 0.785. The van der Waals surface area contributed by atoms with Crippen molar-refractivity contribution in [3.05, 3.63) is 75.7 Å². The van der Waals surface area contributed by atoms with Crippen molar-refractivity contribution in [2.24, 2.45) is 5.73 Å². The van der Waals surface area contributed by atoms with Crippen molar-refractivity contribution in [3.8, 4) is 5.69 Å². The molecule has 0 bridgehead atoms. The van der Waals surface area contributed by atoms with Crippen LogP contribution >= 0.6 is 11.6 Å². The molecule has 0 aliphatic carbocycles. The molecule has 106 valence electrons. The molecule has 21 heavy (non-hydrogen) atoms. The summed E-state index contributed by atoms with van der Waals surface area (Å²) < 4.78 is 1.64. The summed E-state index contributed by atoms with van der Waals surface area (Å²) in [5.41, 5.74) is 7.47. The number of hydrogen-bond donors (Lipinski definition) is 1. The first kappa shape index (κ1) is 13.9. The Hall–Kier alpha value is -2.10. The van der Waals surface area contributed by atoms with Gasteiger partial charge in [-0.05, 0) is 36.6 Å². The Bertz CT molecular complexity index is 854. The summed E-state index contributed by atoms with van der Waals surface area (Å²) in [4.78, 5) is 12.9. The standard InChI is InChI=1S/C17H15ClN2O/c1-11(19)15-10-12-6-5-9-14(18)16(12)17(21)20(15)13-7-3-2-4-8-13/h2-11H,19H2,1H3/t11-/m1/s1. The number of fused-ring (bicyclic) bond motifs is 1. The third-order valence-electron chi connectivity index (χ3n) is 3.51.